The van der Waals surface area contributed by atoms with Crippen LogP contribution in [0.5, 0.6) is 0 Å². The van der Waals surface area contributed by atoms with E-state index in [9.17, 15) is 0 Å². The van der Waals surface area contributed by atoms with Gasteiger partial charge in [-0.15, -0.1) is 0 Å². The van der Waals surface area contributed by atoms with Crippen LogP contribution in [0.25, 0.3) is 5.69 Å². The third kappa shape index (κ3) is 2.76. The Hall–Kier alpha value is -2.40. The van der Waals surface area contributed by atoms with Crippen molar-refractivity contribution < 1.29 is 0 Å². The second-order valence-corrected chi connectivity index (χ2v) is 6.69. The van der Waals surface area contributed by atoms with Gasteiger partial charge in [0.15, 0.2) is 5.82 Å². The van der Waals surface area contributed by atoms with Crippen molar-refractivity contribution in [2.45, 2.75) is 13.3 Å². The molecule has 0 saturated carbocycles. The second kappa shape index (κ2) is 6.24. The number of hydrogen-bond donors (Lipinski definition) is 1. The van der Waals surface area contributed by atoms with Crippen molar-refractivity contribution in [2.24, 2.45) is 4.99 Å². The van der Waals surface area contributed by atoms with Crippen LogP contribution >= 0.6 is 15.9 Å². The summed E-state index contributed by atoms with van der Waals surface area (Å²) in [6, 6.07) is 18.4. The van der Waals surface area contributed by atoms with E-state index < -0.39 is 0 Å². The summed E-state index contributed by atoms with van der Waals surface area (Å²) in [7, 11) is 0. The van der Waals surface area contributed by atoms with Crippen molar-refractivity contribution in [3.05, 3.63) is 70.3 Å². The molecule has 0 bridgehead atoms. The quantitative estimate of drug-likeness (QED) is 0.688. The lowest BCUT2D eigenvalue weighted by Crippen LogP contribution is -2.07. The summed E-state index contributed by atoms with van der Waals surface area (Å²) in [5, 5.41) is 8.17. The molecule has 0 aliphatic carbocycles. The molecule has 1 N–H and O–H groups in total. The average Bonchev–Trinajstić information content (AvgIpc) is 2.79. The zero-order valence-electron chi connectivity index (χ0n) is 13.3. The molecule has 0 fully saturated rings. The van der Waals surface area contributed by atoms with Gasteiger partial charge < -0.3 is 5.32 Å². The fraction of sp³-hybridized carbons (Fsp3) is 0.158. The van der Waals surface area contributed by atoms with Gasteiger partial charge in [0.05, 0.1) is 17.1 Å². The molecule has 4 rings (SSSR count). The minimum Gasteiger partial charge on any atom is -0.380 e. The Morgan fingerprint density at radius 2 is 1.79 bits per heavy atom. The number of halogens is 1. The molecule has 0 unspecified atom stereocenters. The van der Waals surface area contributed by atoms with E-state index in [0.717, 1.165) is 51.6 Å². The summed E-state index contributed by atoms with van der Waals surface area (Å²) < 4.78 is 2.99. The first-order valence-corrected chi connectivity index (χ1v) is 8.74. The average molecular weight is 381 g/mol. The zero-order chi connectivity index (χ0) is 16.5. The van der Waals surface area contributed by atoms with E-state index in [0.29, 0.717) is 0 Å². The molecular weight excluding hydrogens is 364 g/mol. The molecule has 24 heavy (non-hydrogen) atoms. The molecule has 2 heterocycles. The Kier molecular flexibility index (Phi) is 3.94. The van der Waals surface area contributed by atoms with E-state index in [1.165, 1.54) is 0 Å². The molecule has 5 heteroatoms. The molecule has 1 aliphatic heterocycles. The number of nitrogens with zero attached hydrogens (tertiary/aromatic N) is 3. The van der Waals surface area contributed by atoms with Gasteiger partial charge >= 0.3 is 0 Å². The van der Waals surface area contributed by atoms with E-state index >= 15 is 0 Å². The number of nitrogens with one attached hydrogen (secondary N) is 1. The first-order valence-electron chi connectivity index (χ1n) is 7.95. The topological polar surface area (TPSA) is 42.2 Å². The number of benzene rings is 2. The van der Waals surface area contributed by atoms with E-state index in [4.69, 9.17) is 4.99 Å². The molecule has 0 radical (unpaired) electrons. The van der Waals surface area contributed by atoms with E-state index in [1.54, 1.807) is 0 Å². The lowest BCUT2D eigenvalue weighted by Gasteiger charge is -2.06. The third-order valence-corrected chi connectivity index (χ3v) is 4.65. The first-order chi connectivity index (χ1) is 11.7. The Morgan fingerprint density at radius 3 is 2.54 bits per heavy atom. The van der Waals surface area contributed by atoms with Crippen LogP contribution in [0.1, 0.15) is 17.7 Å². The normalized spacial score (nSPS) is 13.7. The van der Waals surface area contributed by atoms with Gasteiger partial charge in [0.2, 0.25) is 0 Å². The molecular formula is C19H17BrN4. The summed E-state index contributed by atoms with van der Waals surface area (Å²) in [5.74, 6) is 0.870. The number of rotatable bonds is 2. The molecule has 0 spiro atoms. The standard InChI is InChI=1S/C19H17BrN4/c1-13-18-19(24(23-13)16-5-3-2-4-6-16)22-17(11-12-21-18)14-7-9-15(20)10-8-14/h2-10,21H,11-12H2,1H3. The second-order valence-electron chi connectivity index (χ2n) is 5.77. The number of fused-ring (bicyclic) bond motifs is 1. The van der Waals surface area contributed by atoms with Crippen LogP contribution in [-0.4, -0.2) is 22.0 Å². The van der Waals surface area contributed by atoms with Crippen molar-refractivity contribution in [1.82, 2.24) is 9.78 Å². The minimum absolute atomic E-state index is 0.850. The molecule has 0 atom stereocenters. The monoisotopic (exact) mass is 380 g/mol. The molecule has 4 nitrogen and oxygen atoms in total. The number of aryl methyl sites for hydroxylation is 1. The largest absolute Gasteiger partial charge is 0.380 e. The van der Waals surface area contributed by atoms with Gasteiger partial charge in [0.1, 0.15) is 5.69 Å². The molecule has 0 amide bonds. The van der Waals surface area contributed by atoms with Crippen molar-refractivity contribution >= 4 is 33.1 Å². The maximum atomic E-state index is 4.98. The van der Waals surface area contributed by atoms with E-state index in [2.05, 4.69) is 50.6 Å². The Balaban J connectivity index is 1.86. The molecule has 120 valence electrons. The molecule has 1 aromatic heterocycles. The highest BCUT2D eigenvalue weighted by Gasteiger charge is 2.20. The van der Waals surface area contributed by atoms with Gasteiger partial charge in [-0.05, 0) is 36.8 Å². The predicted octanol–water partition coefficient (Wildman–Crippen LogP) is 4.88. The summed E-state index contributed by atoms with van der Waals surface area (Å²) in [5.41, 5.74) is 5.22. The van der Waals surface area contributed by atoms with Gasteiger partial charge in [-0.3, -0.25) is 0 Å². The van der Waals surface area contributed by atoms with Gasteiger partial charge in [-0.2, -0.15) is 5.10 Å². The maximum absolute atomic E-state index is 4.98. The first kappa shape index (κ1) is 15.1. The lowest BCUT2D eigenvalue weighted by molar-refractivity contribution is 0.862. The SMILES string of the molecule is Cc1nn(-c2ccccc2)c2c1NCCC(c1ccc(Br)cc1)=N2. The maximum Gasteiger partial charge on any atom is 0.179 e. The van der Waals surface area contributed by atoms with Crippen LogP contribution in [-0.2, 0) is 0 Å². The lowest BCUT2D eigenvalue weighted by atomic mass is 10.1. The summed E-state index contributed by atoms with van der Waals surface area (Å²) in [6.45, 7) is 2.87. The van der Waals surface area contributed by atoms with Gasteiger partial charge in [-0.1, -0.05) is 46.3 Å². The minimum atomic E-state index is 0.850. The molecule has 0 saturated heterocycles. The zero-order valence-corrected chi connectivity index (χ0v) is 14.9. The Bertz CT molecular complexity index is 895. The van der Waals surface area contributed by atoms with Gasteiger partial charge in [-0.25, -0.2) is 9.67 Å². The molecule has 1 aliphatic rings. The highest BCUT2D eigenvalue weighted by molar-refractivity contribution is 9.10. The summed E-state index contributed by atoms with van der Waals surface area (Å²) in [6.07, 6.45) is 0.880. The third-order valence-electron chi connectivity index (χ3n) is 4.12. The van der Waals surface area contributed by atoms with Crippen LogP contribution in [0.15, 0.2) is 64.1 Å². The highest BCUT2D eigenvalue weighted by Crippen LogP contribution is 2.34. The Morgan fingerprint density at radius 1 is 1.04 bits per heavy atom. The van der Waals surface area contributed by atoms with Crippen molar-refractivity contribution in [3.8, 4) is 5.69 Å². The molecule has 3 aromatic rings. The van der Waals surface area contributed by atoms with Gasteiger partial charge in [0, 0.05) is 17.4 Å². The number of hydrogen-bond acceptors (Lipinski definition) is 3. The number of para-hydroxylation sites is 1. The predicted molar refractivity (Wildman–Crippen MR) is 102 cm³/mol. The van der Waals surface area contributed by atoms with E-state index in [-0.39, 0.29) is 0 Å². The van der Waals surface area contributed by atoms with Crippen molar-refractivity contribution in [1.29, 1.82) is 0 Å². The van der Waals surface area contributed by atoms with Crippen LogP contribution in [0.4, 0.5) is 11.5 Å². The number of aromatic nitrogens is 2. The Labute approximate surface area is 149 Å². The van der Waals surface area contributed by atoms with Crippen molar-refractivity contribution in [3.63, 3.8) is 0 Å². The fourth-order valence-corrected chi connectivity index (χ4v) is 3.18. The molecule has 2 aromatic carbocycles. The van der Waals surface area contributed by atoms with Crippen LogP contribution in [0.2, 0.25) is 0 Å². The summed E-state index contributed by atoms with van der Waals surface area (Å²) >= 11 is 3.49. The van der Waals surface area contributed by atoms with Gasteiger partial charge in [0.25, 0.3) is 0 Å². The van der Waals surface area contributed by atoms with Crippen LogP contribution in [0.3, 0.4) is 0 Å². The highest BCUT2D eigenvalue weighted by atomic mass is 79.9. The smallest absolute Gasteiger partial charge is 0.179 e. The number of aliphatic imine (C=N–C) groups is 1. The fourth-order valence-electron chi connectivity index (χ4n) is 2.92. The summed E-state index contributed by atoms with van der Waals surface area (Å²) in [4.78, 5) is 4.98. The van der Waals surface area contributed by atoms with Crippen LogP contribution in [0, 0.1) is 6.92 Å². The van der Waals surface area contributed by atoms with Crippen molar-refractivity contribution in [2.75, 3.05) is 11.9 Å². The van der Waals surface area contributed by atoms with Crippen LogP contribution < -0.4 is 5.32 Å². The van der Waals surface area contributed by atoms with E-state index in [1.807, 2.05) is 41.9 Å². The number of anilines is 1.